The van der Waals surface area contributed by atoms with Gasteiger partial charge in [-0.3, -0.25) is 4.79 Å². The second kappa shape index (κ2) is 6.57. The average Bonchev–Trinajstić information content (AvgIpc) is 2.88. The van der Waals surface area contributed by atoms with Gasteiger partial charge in [0, 0.05) is 5.56 Å². The Morgan fingerprint density at radius 2 is 2.09 bits per heavy atom. The first kappa shape index (κ1) is 16.4. The molecule has 3 rings (SSSR count). The fraction of sp³-hybridized carbons (Fsp3) is 0.222. The third-order valence-electron chi connectivity index (χ3n) is 3.69. The molecule has 0 radical (unpaired) electrons. The van der Waals surface area contributed by atoms with E-state index in [1.54, 1.807) is 31.4 Å². The number of ether oxygens (including phenoxy) is 1. The van der Waals surface area contributed by atoms with Gasteiger partial charge in [-0.1, -0.05) is 6.07 Å². The van der Waals surface area contributed by atoms with Crippen LogP contribution in [0.15, 0.2) is 30.3 Å². The minimum absolute atomic E-state index is 0.0477. The highest BCUT2D eigenvalue weighted by Gasteiger charge is 2.13. The van der Waals surface area contributed by atoms with Crippen LogP contribution in [-0.4, -0.2) is 17.9 Å². The predicted octanol–water partition coefficient (Wildman–Crippen LogP) is 5.01. The van der Waals surface area contributed by atoms with E-state index in [1.807, 2.05) is 13.0 Å². The van der Waals surface area contributed by atoms with Crippen LogP contribution in [0, 0.1) is 10.5 Å². The Bertz CT molecular complexity index is 901. The zero-order chi connectivity index (χ0) is 16.6. The van der Waals surface area contributed by atoms with Crippen LogP contribution in [0.5, 0.6) is 5.75 Å². The fourth-order valence-corrected chi connectivity index (χ4v) is 4.08. The fourth-order valence-electron chi connectivity index (χ4n) is 2.55. The average molecular weight is 437 g/mol. The number of aromatic nitrogens is 1. The Labute approximate surface area is 152 Å². The van der Waals surface area contributed by atoms with Gasteiger partial charge in [0.2, 0.25) is 0 Å². The molecule has 0 N–H and O–H groups in total. The number of fused-ring (bicyclic) bond motifs is 1. The van der Waals surface area contributed by atoms with E-state index in [0.717, 1.165) is 31.8 Å². The van der Waals surface area contributed by atoms with Crippen molar-refractivity contribution in [1.82, 2.24) is 4.98 Å². The Morgan fingerprint density at radius 3 is 2.78 bits per heavy atom. The maximum atomic E-state index is 11.7. The van der Waals surface area contributed by atoms with Crippen molar-refractivity contribution in [3.63, 3.8) is 0 Å². The van der Waals surface area contributed by atoms with Crippen molar-refractivity contribution in [3.8, 4) is 5.75 Å². The number of carbonyl (C=O) groups is 1. The van der Waals surface area contributed by atoms with Gasteiger partial charge in [0.25, 0.3) is 0 Å². The first-order valence-electron chi connectivity index (χ1n) is 7.21. The Kier molecular flexibility index (Phi) is 4.68. The quantitative estimate of drug-likeness (QED) is 0.426. The van der Waals surface area contributed by atoms with Gasteiger partial charge in [-0.25, -0.2) is 4.98 Å². The summed E-state index contributed by atoms with van der Waals surface area (Å²) in [5.41, 5.74) is 4.00. The maximum absolute atomic E-state index is 11.7. The largest absolute Gasteiger partial charge is 0.496 e. The van der Waals surface area contributed by atoms with Crippen LogP contribution >= 0.6 is 33.9 Å². The SMILES string of the molecule is COc1cc(C(C)=O)cc(Cc2ccc3sc(C)nc3c2)c1I. The molecule has 5 heteroatoms. The summed E-state index contributed by atoms with van der Waals surface area (Å²) in [7, 11) is 1.63. The molecule has 0 aliphatic rings. The summed E-state index contributed by atoms with van der Waals surface area (Å²) in [6.45, 7) is 3.60. The van der Waals surface area contributed by atoms with Gasteiger partial charge in [0.05, 0.1) is 25.9 Å². The van der Waals surface area contributed by atoms with Gasteiger partial charge < -0.3 is 4.74 Å². The summed E-state index contributed by atoms with van der Waals surface area (Å²) >= 11 is 3.99. The van der Waals surface area contributed by atoms with Gasteiger partial charge in [0.1, 0.15) is 5.75 Å². The highest BCUT2D eigenvalue weighted by molar-refractivity contribution is 14.1. The van der Waals surface area contributed by atoms with Gasteiger partial charge in [-0.2, -0.15) is 0 Å². The number of benzene rings is 2. The van der Waals surface area contributed by atoms with Crippen molar-refractivity contribution in [2.24, 2.45) is 0 Å². The summed E-state index contributed by atoms with van der Waals surface area (Å²) in [5.74, 6) is 0.797. The van der Waals surface area contributed by atoms with Crippen molar-refractivity contribution in [2.45, 2.75) is 20.3 Å². The van der Waals surface area contributed by atoms with E-state index in [0.29, 0.717) is 5.56 Å². The number of hydrogen-bond acceptors (Lipinski definition) is 4. The minimum atomic E-state index is 0.0477. The van der Waals surface area contributed by atoms with Gasteiger partial charge in [0.15, 0.2) is 5.78 Å². The lowest BCUT2D eigenvalue weighted by molar-refractivity contribution is 0.101. The van der Waals surface area contributed by atoms with E-state index in [-0.39, 0.29) is 5.78 Å². The first-order valence-corrected chi connectivity index (χ1v) is 9.11. The number of ketones is 1. The van der Waals surface area contributed by atoms with Crippen molar-refractivity contribution in [2.75, 3.05) is 7.11 Å². The topological polar surface area (TPSA) is 39.2 Å². The molecule has 0 fully saturated rings. The summed E-state index contributed by atoms with van der Waals surface area (Å²) in [6, 6.07) is 10.1. The van der Waals surface area contributed by atoms with Crippen molar-refractivity contribution >= 4 is 49.9 Å². The molecule has 1 aromatic heterocycles. The summed E-state index contributed by atoms with van der Waals surface area (Å²) in [5, 5.41) is 1.08. The van der Waals surface area contributed by atoms with Crippen LogP contribution in [-0.2, 0) is 6.42 Å². The summed E-state index contributed by atoms with van der Waals surface area (Å²) in [6.07, 6.45) is 0.752. The second-order valence-electron chi connectivity index (χ2n) is 5.42. The Hall–Kier alpha value is -1.47. The highest BCUT2D eigenvalue weighted by Crippen LogP contribution is 2.30. The van der Waals surface area contributed by atoms with E-state index < -0.39 is 0 Å². The van der Waals surface area contributed by atoms with E-state index in [9.17, 15) is 4.79 Å². The lowest BCUT2D eigenvalue weighted by Gasteiger charge is -2.11. The van der Waals surface area contributed by atoms with Crippen molar-refractivity contribution in [3.05, 3.63) is 55.6 Å². The molecule has 0 aliphatic heterocycles. The number of halogens is 1. The Morgan fingerprint density at radius 1 is 1.30 bits per heavy atom. The predicted molar refractivity (Wildman–Crippen MR) is 103 cm³/mol. The third kappa shape index (κ3) is 3.40. The summed E-state index contributed by atoms with van der Waals surface area (Å²) < 4.78 is 7.67. The lowest BCUT2D eigenvalue weighted by atomic mass is 10.0. The number of aryl methyl sites for hydroxylation is 1. The molecule has 0 atom stereocenters. The molecule has 3 nitrogen and oxygen atoms in total. The third-order valence-corrected chi connectivity index (χ3v) is 5.87. The van der Waals surface area contributed by atoms with Crippen LogP contribution in [0.4, 0.5) is 0 Å². The van der Waals surface area contributed by atoms with Crippen molar-refractivity contribution in [1.29, 1.82) is 0 Å². The zero-order valence-electron chi connectivity index (χ0n) is 13.1. The number of methoxy groups -OCH3 is 1. The monoisotopic (exact) mass is 437 g/mol. The van der Waals surface area contributed by atoms with E-state index in [1.165, 1.54) is 10.3 Å². The number of nitrogens with zero attached hydrogens (tertiary/aromatic N) is 1. The standard InChI is InChI=1S/C18H16INO2S/c1-10(21)13-8-14(18(19)16(9-13)22-3)6-12-4-5-17-15(7-12)20-11(2)23-17/h4-5,7-9H,6H2,1-3H3. The first-order chi connectivity index (χ1) is 11.0. The molecule has 2 aromatic carbocycles. The van der Waals surface area contributed by atoms with Gasteiger partial charge in [-0.05, 0) is 78.3 Å². The molecular formula is C18H16INO2S. The molecule has 0 bridgehead atoms. The smallest absolute Gasteiger partial charge is 0.159 e. The number of Topliss-reactive ketones (excluding diaryl/α,β-unsaturated/α-hetero) is 1. The maximum Gasteiger partial charge on any atom is 0.159 e. The van der Waals surface area contributed by atoms with Crippen LogP contribution in [0.1, 0.15) is 33.4 Å². The lowest BCUT2D eigenvalue weighted by Crippen LogP contribution is -2.01. The van der Waals surface area contributed by atoms with Crippen molar-refractivity contribution < 1.29 is 9.53 Å². The highest BCUT2D eigenvalue weighted by atomic mass is 127. The van der Waals surface area contributed by atoms with Gasteiger partial charge in [-0.15, -0.1) is 11.3 Å². The molecule has 0 aliphatic carbocycles. The number of rotatable bonds is 4. The normalized spacial score (nSPS) is 11.0. The molecule has 1 heterocycles. The zero-order valence-corrected chi connectivity index (χ0v) is 16.1. The molecular weight excluding hydrogens is 421 g/mol. The number of thiazole rings is 1. The minimum Gasteiger partial charge on any atom is -0.496 e. The molecule has 0 saturated heterocycles. The molecule has 3 aromatic rings. The van der Waals surface area contributed by atoms with E-state index in [4.69, 9.17) is 4.74 Å². The van der Waals surface area contributed by atoms with Crippen LogP contribution in [0.3, 0.4) is 0 Å². The molecule has 0 amide bonds. The van der Waals surface area contributed by atoms with Crippen LogP contribution in [0.2, 0.25) is 0 Å². The van der Waals surface area contributed by atoms with E-state index >= 15 is 0 Å². The molecule has 0 spiro atoms. The van der Waals surface area contributed by atoms with Crippen LogP contribution in [0.25, 0.3) is 10.2 Å². The molecule has 118 valence electrons. The van der Waals surface area contributed by atoms with E-state index in [2.05, 4.69) is 45.8 Å². The Balaban J connectivity index is 2.02. The van der Waals surface area contributed by atoms with Gasteiger partial charge >= 0.3 is 0 Å². The number of hydrogen-bond donors (Lipinski definition) is 0. The molecule has 23 heavy (non-hydrogen) atoms. The van der Waals surface area contributed by atoms with Crippen LogP contribution < -0.4 is 4.74 Å². The summed E-state index contributed by atoms with van der Waals surface area (Å²) in [4.78, 5) is 16.3. The molecule has 0 saturated carbocycles. The second-order valence-corrected chi connectivity index (χ2v) is 7.73. The number of carbonyl (C=O) groups excluding carboxylic acids is 1. The molecule has 0 unspecified atom stereocenters.